The molecule has 0 radical (unpaired) electrons. The maximum Gasteiger partial charge on any atom is 0.123 e. The molecule has 3 rings (SSSR count). The number of nitrogens with two attached hydrogens (primary N) is 1. The first-order chi connectivity index (χ1) is 9.16. The maximum absolute atomic E-state index is 13.4. The quantitative estimate of drug-likeness (QED) is 0.711. The van der Waals surface area contributed by atoms with Crippen LogP contribution in [0, 0.1) is 5.82 Å². The second-order valence-corrected chi connectivity index (χ2v) is 6.10. The van der Waals surface area contributed by atoms with Gasteiger partial charge in [0.15, 0.2) is 0 Å². The van der Waals surface area contributed by atoms with E-state index in [4.69, 9.17) is 5.73 Å². The van der Waals surface area contributed by atoms with E-state index < -0.39 is 0 Å². The maximum atomic E-state index is 13.4. The second-order valence-electron chi connectivity index (χ2n) is 4.33. The SMILES string of the molecule is NC(c1cc(F)ccc1Br)c1cccc2ccsc12. The van der Waals surface area contributed by atoms with Gasteiger partial charge in [-0.15, -0.1) is 11.3 Å². The van der Waals surface area contributed by atoms with Crippen LogP contribution in [0.4, 0.5) is 4.39 Å². The molecule has 0 saturated heterocycles. The predicted molar refractivity (Wildman–Crippen MR) is 82.0 cm³/mol. The zero-order valence-electron chi connectivity index (χ0n) is 9.94. The van der Waals surface area contributed by atoms with Gasteiger partial charge in [-0.3, -0.25) is 0 Å². The monoisotopic (exact) mass is 335 g/mol. The first-order valence-electron chi connectivity index (χ1n) is 5.83. The van der Waals surface area contributed by atoms with Crippen molar-refractivity contribution in [3.05, 3.63) is 69.3 Å². The fourth-order valence-corrected chi connectivity index (χ4v) is 3.63. The fourth-order valence-electron chi connectivity index (χ4n) is 2.18. The summed E-state index contributed by atoms with van der Waals surface area (Å²) in [6.45, 7) is 0. The van der Waals surface area contributed by atoms with Crippen molar-refractivity contribution in [2.24, 2.45) is 5.73 Å². The molecule has 0 aliphatic heterocycles. The number of fused-ring (bicyclic) bond motifs is 1. The Hall–Kier alpha value is -1.23. The van der Waals surface area contributed by atoms with Gasteiger partial charge in [-0.25, -0.2) is 4.39 Å². The smallest absolute Gasteiger partial charge is 0.123 e. The van der Waals surface area contributed by atoms with E-state index in [9.17, 15) is 4.39 Å². The normalized spacial score (nSPS) is 12.8. The molecule has 1 unspecified atom stereocenters. The van der Waals surface area contributed by atoms with Crippen molar-refractivity contribution < 1.29 is 4.39 Å². The van der Waals surface area contributed by atoms with Gasteiger partial charge in [0, 0.05) is 9.17 Å². The molecule has 0 aliphatic carbocycles. The minimum Gasteiger partial charge on any atom is -0.320 e. The highest BCUT2D eigenvalue weighted by atomic mass is 79.9. The molecule has 0 amide bonds. The summed E-state index contributed by atoms with van der Waals surface area (Å²) in [6, 6.07) is 12.4. The Morgan fingerprint density at radius 2 is 1.95 bits per heavy atom. The Kier molecular flexibility index (Phi) is 3.39. The van der Waals surface area contributed by atoms with Gasteiger partial charge in [-0.05, 0) is 46.2 Å². The van der Waals surface area contributed by atoms with Crippen LogP contribution < -0.4 is 5.73 Å². The van der Waals surface area contributed by atoms with E-state index in [1.165, 1.54) is 17.5 Å². The van der Waals surface area contributed by atoms with Gasteiger partial charge in [0.25, 0.3) is 0 Å². The number of thiophene rings is 1. The van der Waals surface area contributed by atoms with Gasteiger partial charge in [-0.1, -0.05) is 34.1 Å². The molecule has 1 atom stereocenters. The summed E-state index contributed by atoms with van der Waals surface area (Å²) in [6.07, 6.45) is 0. The summed E-state index contributed by atoms with van der Waals surface area (Å²) >= 11 is 5.10. The van der Waals surface area contributed by atoms with Gasteiger partial charge in [0.05, 0.1) is 6.04 Å². The average Bonchev–Trinajstić information content (AvgIpc) is 2.89. The van der Waals surface area contributed by atoms with E-state index in [1.807, 2.05) is 17.5 Å². The molecule has 2 aromatic carbocycles. The molecular formula is C15H11BrFNS. The standard InChI is InChI=1S/C15H11BrFNS/c16-13-5-4-10(17)8-12(13)14(18)11-3-1-2-9-6-7-19-15(9)11/h1-8,14H,18H2. The van der Waals surface area contributed by atoms with Crippen LogP contribution in [0.15, 0.2) is 52.3 Å². The van der Waals surface area contributed by atoms with Gasteiger partial charge in [-0.2, -0.15) is 0 Å². The van der Waals surface area contributed by atoms with Crippen molar-refractivity contribution in [3.8, 4) is 0 Å². The third-order valence-electron chi connectivity index (χ3n) is 3.14. The van der Waals surface area contributed by atoms with E-state index in [-0.39, 0.29) is 11.9 Å². The summed E-state index contributed by atoms with van der Waals surface area (Å²) in [5, 5.41) is 3.21. The Morgan fingerprint density at radius 1 is 1.11 bits per heavy atom. The number of rotatable bonds is 2. The molecule has 0 aliphatic rings. The molecular weight excluding hydrogens is 325 g/mol. The van der Waals surface area contributed by atoms with E-state index >= 15 is 0 Å². The Morgan fingerprint density at radius 3 is 2.79 bits per heavy atom. The zero-order chi connectivity index (χ0) is 13.4. The van der Waals surface area contributed by atoms with Crippen molar-refractivity contribution in [1.29, 1.82) is 0 Å². The van der Waals surface area contributed by atoms with Crippen molar-refractivity contribution in [3.63, 3.8) is 0 Å². The fraction of sp³-hybridized carbons (Fsp3) is 0.0667. The van der Waals surface area contributed by atoms with E-state index in [1.54, 1.807) is 17.4 Å². The molecule has 96 valence electrons. The lowest BCUT2D eigenvalue weighted by Gasteiger charge is -2.15. The Bertz CT molecular complexity index is 738. The van der Waals surface area contributed by atoms with E-state index in [0.717, 1.165) is 20.3 Å². The molecule has 4 heteroatoms. The molecule has 1 aromatic heterocycles. The minimum atomic E-state index is -0.340. The van der Waals surface area contributed by atoms with Crippen molar-refractivity contribution in [2.45, 2.75) is 6.04 Å². The first kappa shape index (κ1) is 12.8. The minimum absolute atomic E-state index is 0.271. The molecule has 1 heterocycles. The highest BCUT2D eigenvalue weighted by Gasteiger charge is 2.16. The van der Waals surface area contributed by atoms with Crippen LogP contribution in [0.2, 0.25) is 0 Å². The van der Waals surface area contributed by atoms with Gasteiger partial charge >= 0.3 is 0 Å². The predicted octanol–water partition coefficient (Wildman–Crippen LogP) is 4.85. The third kappa shape index (κ3) is 2.31. The Labute approximate surface area is 123 Å². The largest absolute Gasteiger partial charge is 0.320 e. The highest BCUT2D eigenvalue weighted by Crippen LogP contribution is 2.33. The molecule has 0 fully saturated rings. The molecule has 3 aromatic rings. The molecule has 0 saturated carbocycles. The molecule has 1 nitrogen and oxygen atoms in total. The van der Waals surface area contributed by atoms with Crippen LogP contribution in [-0.4, -0.2) is 0 Å². The third-order valence-corrected chi connectivity index (χ3v) is 4.84. The summed E-state index contributed by atoms with van der Waals surface area (Å²) in [4.78, 5) is 0. The average molecular weight is 336 g/mol. The second kappa shape index (κ2) is 5.04. The molecule has 19 heavy (non-hydrogen) atoms. The first-order valence-corrected chi connectivity index (χ1v) is 7.51. The summed E-state index contributed by atoms with van der Waals surface area (Å²) in [7, 11) is 0. The molecule has 0 spiro atoms. The van der Waals surface area contributed by atoms with Gasteiger partial charge < -0.3 is 5.73 Å². The van der Waals surface area contributed by atoms with Crippen LogP contribution in [0.3, 0.4) is 0 Å². The van der Waals surface area contributed by atoms with E-state index in [0.29, 0.717) is 0 Å². The topological polar surface area (TPSA) is 26.0 Å². The number of benzene rings is 2. The van der Waals surface area contributed by atoms with E-state index in [2.05, 4.69) is 28.1 Å². The number of hydrogen-bond donors (Lipinski definition) is 1. The van der Waals surface area contributed by atoms with Gasteiger partial charge in [0.1, 0.15) is 5.82 Å². The lowest BCUT2D eigenvalue weighted by molar-refractivity contribution is 0.623. The van der Waals surface area contributed by atoms with Crippen LogP contribution >= 0.6 is 27.3 Å². The summed E-state index contributed by atoms with van der Waals surface area (Å²) in [5.41, 5.74) is 8.11. The van der Waals surface area contributed by atoms with Crippen LogP contribution in [0.25, 0.3) is 10.1 Å². The van der Waals surface area contributed by atoms with Crippen LogP contribution in [-0.2, 0) is 0 Å². The summed E-state index contributed by atoms with van der Waals surface area (Å²) in [5.74, 6) is -0.271. The molecule has 0 bridgehead atoms. The van der Waals surface area contributed by atoms with Crippen molar-refractivity contribution in [1.82, 2.24) is 0 Å². The molecule has 2 N–H and O–H groups in total. The number of halogens is 2. The zero-order valence-corrected chi connectivity index (χ0v) is 12.3. The summed E-state index contributed by atoms with van der Waals surface area (Å²) < 4.78 is 15.4. The lowest BCUT2D eigenvalue weighted by atomic mass is 9.98. The van der Waals surface area contributed by atoms with Crippen LogP contribution in [0.1, 0.15) is 17.2 Å². The van der Waals surface area contributed by atoms with Gasteiger partial charge in [0.2, 0.25) is 0 Å². The van der Waals surface area contributed by atoms with Crippen LogP contribution in [0.5, 0.6) is 0 Å². The lowest BCUT2D eigenvalue weighted by Crippen LogP contribution is -2.12. The van der Waals surface area contributed by atoms with Crippen molar-refractivity contribution in [2.75, 3.05) is 0 Å². The number of hydrogen-bond acceptors (Lipinski definition) is 2. The van der Waals surface area contributed by atoms with Crippen molar-refractivity contribution >= 4 is 37.4 Å². The Balaban J connectivity index is 2.15. The highest BCUT2D eigenvalue weighted by molar-refractivity contribution is 9.10.